The molecule has 0 aromatic heterocycles. The van der Waals surface area contributed by atoms with Crippen LogP contribution in [0, 0.1) is 5.92 Å². The van der Waals surface area contributed by atoms with Crippen molar-refractivity contribution in [3.63, 3.8) is 0 Å². The van der Waals surface area contributed by atoms with E-state index in [2.05, 4.69) is 36.6 Å². The van der Waals surface area contributed by atoms with Crippen molar-refractivity contribution in [3.05, 3.63) is 34.9 Å². The summed E-state index contributed by atoms with van der Waals surface area (Å²) in [7, 11) is 0. The normalized spacial score (nSPS) is 22.7. The van der Waals surface area contributed by atoms with Gasteiger partial charge in [-0.25, -0.2) is 0 Å². The largest absolute Gasteiger partial charge is 0.394 e. The minimum Gasteiger partial charge on any atom is -0.394 e. The van der Waals surface area contributed by atoms with E-state index in [1.54, 1.807) is 0 Å². The fourth-order valence-corrected chi connectivity index (χ4v) is 3.51. The molecule has 3 nitrogen and oxygen atoms in total. The molecule has 2 rings (SSSR count). The summed E-state index contributed by atoms with van der Waals surface area (Å²) < 4.78 is 0. The van der Waals surface area contributed by atoms with Gasteiger partial charge in [-0.2, -0.15) is 0 Å². The number of hydrogen-bond acceptors (Lipinski definition) is 3. The summed E-state index contributed by atoms with van der Waals surface area (Å²) in [6.07, 6.45) is 0. The molecule has 0 radical (unpaired) electrons. The average Bonchev–Trinajstić information content (AvgIpc) is 2.41. The highest BCUT2D eigenvalue weighted by Crippen LogP contribution is 2.27. The van der Waals surface area contributed by atoms with E-state index in [0.29, 0.717) is 12.0 Å². The Morgan fingerprint density at radius 3 is 2.67 bits per heavy atom. The van der Waals surface area contributed by atoms with Crippen LogP contribution in [0.2, 0.25) is 5.02 Å². The Morgan fingerprint density at radius 2 is 2.10 bits per heavy atom. The molecule has 21 heavy (non-hydrogen) atoms. The van der Waals surface area contributed by atoms with E-state index in [1.807, 2.05) is 18.2 Å². The number of rotatable bonds is 5. The van der Waals surface area contributed by atoms with Crippen LogP contribution in [-0.2, 0) is 0 Å². The van der Waals surface area contributed by atoms with Crippen LogP contribution in [0.15, 0.2) is 24.3 Å². The molecular formula is C17H27ClN2O. The standard InChI is InChI=1S/C17H27ClN2O/c1-13(2)10-19-7-8-20(14(3)11-19)17(12-21)15-5-4-6-16(18)9-15/h4-6,9,13-14,17,21H,7-8,10-12H2,1-3H3. The average molecular weight is 311 g/mol. The van der Waals surface area contributed by atoms with Crippen LogP contribution < -0.4 is 0 Å². The molecular weight excluding hydrogens is 284 g/mol. The summed E-state index contributed by atoms with van der Waals surface area (Å²) in [5.74, 6) is 0.699. The molecule has 1 aromatic rings. The van der Waals surface area contributed by atoms with Crippen molar-refractivity contribution in [1.82, 2.24) is 9.80 Å². The molecule has 0 aliphatic carbocycles. The van der Waals surface area contributed by atoms with Gasteiger partial charge in [0.2, 0.25) is 0 Å². The predicted octanol–water partition coefficient (Wildman–Crippen LogP) is 3.04. The van der Waals surface area contributed by atoms with Crippen molar-refractivity contribution < 1.29 is 5.11 Å². The van der Waals surface area contributed by atoms with Gasteiger partial charge >= 0.3 is 0 Å². The molecule has 0 spiro atoms. The second kappa shape index (κ2) is 7.59. The van der Waals surface area contributed by atoms with E-state index in [4.69, 9.17) is 11.6 Å². The van der Waals surface area contributed by atoms with E-state index < -0.39 is 0 Å². The SMILES string of the molecule is CC(C)CN1CCN(C(CO)c2cccc(Cl)c2)C(C)C1. The van der Waals surface area contributed by atoms with Crippen LogP contribution >= 0.6 is 11.6 Å². The minimum absolute atomic E-state index is 0.0416. The quantitative estimate of drug-likeness (QED) is 0.905. The van der Waals surface area contributed by atoms with E-state index in [9.17, 15) is 5.11 Å². The number of nitrogens with zero attached hydrogens (tertiary/aromatic N) is 2. The first-order chi connectivity index (χ1) is 10.0. The molecule has 1 fully saturated rings. The van der Waals surface area contributed by atoms with Crippen molar-refractivity contribution in [2.24, 2.45) is 5.92 Å². The molecule has 0 bridgehead atoms. The first kappa shape index (κ1) is 16.8. The maximum atomic E-state index is 9.85. The second-order valence-electron chi connectivity index (χ2n) is 6.49. The topological polar surface area (TPSA) is 26.7 Å². The molecule has 118 valence electrons. The lowest BCUT2D eigenvalue weighted by Crippen LogP contribution is -2.54. The van der Waals surface area contributed by atoms with Gasteiger partial charge in [-0.15, -0.1) is 0 Å². The summed E-state index contributed by atoms with van der Waals surface area (Å²) in [5, 5.41) is 10.6. The summed E-state index contributed by atoms with van der Waals surface area (Å²) in [6.45, 7) is 11.2. The number of halogens is 1. The molecule has 1 aliphatic rings. The third kappa shape index (κ3) is 4.43. The zero-order valence-electron chi connectivity index (χ0n) is 13.3. The zero-order valence-corrected chi connectivity index (χ0v) is 14.1. The Labute approximate surface area is 133 Å². The van der Waals surface area contributed by atoms with Gasteiger partial charge in [-0.1, -0.05) is 37.6 Å². The summed E-state index contributed by atoms with van der Waals surface area (Å²) in [4.78, 5) is 4.93. The third-order valence-electron chi connectivity index (χ3n) is 4.19. The highest BCUT2D eigenvalue weighted by atomic mass is 35.5. The number of benzene rings is 1. The molecule has 1 aliphatic heterocycles. The first-order valence-corrected chi connectivity index (χ1v) is 8.23. The molecule has 2 atom stereocenters. The third-order valence-corrected chi connectivity index (χ3v) is 4.43. The lowest BCUT2D eigenvalue weighted by Gasteiger charge is -2.44. The van der Waals surface area contributed by atoms with E-state index in [-0.39, 0.29) is 12.6 Å². The molecule has 1 heterocycles. The van der Waals surface area contributed by atoms with Crippen LogP contribution in [0.25, 0.3) is 0 Å². The van der Waals surface area contributed by atoms with Crippen LogP contribution in [-0.4, -0.2) is 53.7 Å². The summed E-state index contributed by atoms with van der Waals surface area (Å²) in [6, 6.07) is 8.34. The van der Waals surface area contributed by atoms with Gasteiger partial charge in [-0.05, 0) is 30.5 Å². The van der Waals surface area contributed by atoms with Crippen LogP contribution in [0.1, 0.15) is 32.4 Å². The molecule has 0 amide bonds. The molecule has 2 unspecified atom stereocenters. The molecule has 4 heteroatoms. The summed E-state index contributed by atoms with van der Waals surface area (Å²) >= 11 is 6.09. The van der Waals surface area contributed by atoms with Crippen molar-refractivity contribution in [3.8, 4) is 0 Å². The van der Waals surface area contributed by atoms with Gasteiger partial charge in [0, 0.05) is 37.2 Å². The predicted molar refractivity (Wildman–Crippen MR) is 88.7 cm³/mol. The molecule has 1 N–H and O–H groups in total. The Balaban J connectivity index is 2.06. The van der Waals surface area contributed by atoms with Crippen molar-refractivity contribution in [2.75, 3.05) is 32.8 Å². The van der Waals surface area contributed by atoms with Crippen molar-refractivity contribution in [2.45, 2.75) is 32.9 Å². The minimum atomic E-state index is 0.0416. The smallest absolute Gasteiger partial charge is 0.0628 e. The fraction of sp³-hybridized carbons (Fsp3) is 0.647. The summed E-state index contributed by atoms with van der Waals surface area (Å²) in [5.41, 5.74) is 1.11. The zero-order chi connectivity index (χ0) is 15.4. The fourth-order valence-electron chi connectivity index (χ4n) is 3.31. The second-order valence-corrected chi connectivity index (χ2v) is 6.93. The highest BCUT2D eigenvalue weighted by Gasteiger charge is 2.30. The maximum Gasteiger partial charge on any atom is 0.0628 e. The van der Waals surface area contributed by atoms with Gasteiger partial charge in [0.1, 0.15) is 0 Å². The lowest BCUT2D eigenvalue weighted by atomic mass is 10.0. The molecule has 1 aromatic carbocycles. The highest BCUT2D eigenvalue weighted by molar-refractivity contribution is 6.30. The number of piperazine rings is 1. The van der Waals surface area contributed by atoms with Gasteiger partial charge in [0.25, 0.3) is 0 Å². The Kier molecular flexibility index (Phi) is 6.06. The Hall–Kier alpha value is -0.610. The Bertz CT molecular complexity index is 452. The maximum absolute atomic E-state index is 9.85. The van der Waals surface area contributed by atoms with Crippen LogP contribution in [0.5, 0.6) is 0 Å². The van der Waals surface area contributed by atoms with Gasteiger partial charge in [0.05, 0.1) is 12.6 Å². The van der Waals surface area contributed by atoms with Gasteiger partial charge < -0.3 is 10.0 Å². The number of aliphatic hydroxyl groups excluding tert-OH is 1. The molecule has 0 saturated carbocycles. The van der Waals surface area contributed by atoms with E-state index >= 15 is 0 Å². The van der Waals surface area contributed by atoms with Crippen molar-refractivity contribution in [1.29, 1.82) is 0 Å². The molecule has 1 saturated heterocycles. The van der Waals surface area contributed by atoms with Crippen molar-refractivity contribution >= 4 is 11.6 Å². The van der Waals surface area contributed by atoms with E-state index in [1.165, 1.54) is 0 Å². The van der Waals surface area contributed by atoms with Crippen LogP contribution in [0.4, 0.5) is 0 Å². The number of aliphatic hydroxyl groups is 1. The monoisotopic (exact) mass is 310 g/mol. The van der Waals surface area contributed by atoms with E-state index in [0.717, 1.165) is 36.8 Å². The van der Waals surface area contributed by atoms with Gasteiger partial charge in [0.15, 0.2) is 0 Å². The number of hydrogen-bond donors (Lipinski definition) is 1. The van der Waals surface area contributed by atoms with Gasteiger partial charge in [-0.3, -0.25) is 4.90 Å². The van der Waals surface area contributed by atoms with Crippen LogP contribution in [0.3, 0.4) is 0 Å². The first-order valence-electron chi connectivity index (χ1n) is 7.85. The lowest BCUT2D eigenvalue weighted by molar-refractivity contribution is 0.0215. The Morgan fingerprint density at radius 1 is 1.33 bits per heavy atom.